The van der Waals surface area contributed by atoms with Crippen LogP contribution in [-0.2, 0) is 11.3 Å². The van der Waals surface area contributed by atoms with Crippen LogP contribution in [0.25, 0.3) is 0 Å². The van der Waals surface area contributed by atoms with Gasteiger partial charge in [0.2, 0.25) is 11.8 Å². The Balaban J connectivity index is 1.70. The van der Waals surface area contributed by atoms with E-state index in [9.17, 15) is 4.79 Å². The molecular formula is C21H27N3O2. The number of carbonyl (C=O) groups is 1. The second-order valence-electron chi connectivity index (χ2n) is 7.00. The third kappa shape index (κ3) is 4.22. The van der Waals surface area contributed by atoms with E-state index in [-0.39, 0.29) is 11.9 Å². The summed E-state index contributed by atoms with van der Waals surface area (Å²) in [5.41, 5.74) is 3.01. The maximum Gasteiger partial charge on any atom is 0.237 e. The first-order valence-corrected chi connectivity index (χ1v) is 9.22. The Labute approximate surface area is 155 Å². The van der Waals surface area contributed by atoms with Gasteiger partial charge < -0.3 is 10.1 Å². The molecule has 1 N–H and O–H groups in total. The van der Waals surface area contributed by atoms with Crippen molar-refractivity contribution in [3.63, 3.8) is 0 Å². The van der Waals surface area contributed by atoms with Crippen LogP contribution < -0.4 is 10.1 Å². The number of ether oxygens (including phenoxy) is 1. The van der Waals surface area contributed by atoms with Gasteiger partial charge >= 0.3 is 0 Å². The van der Waals surface area contributed by atoms with Crippen LogP contribution in [0.5, 0.6) is 11.6 Å². The average molecular weight is 353 g/mol. The van der Waals surface area contributed by atoms with E-state index in [2.05, 4.69) is 15.2 Å². The molecule has 1 aliphatic rings. The number of aromatic nitrogens is 1. The lowest BCUT2D eigenvalue weighted by atomic mass is 10.0. The Morgan fingerprint density at radius 3 is 2.73 bits per heavy atom. The van der Waals surface area contributed by atoms with Crippen molar-refractivity contribution in [2.75, 3.05) is 13.6 Å². The third-order valence-electron chi connectivity index (χ3n) is 4.98. The molecule has 1 aliphatic heterocycles. The Hall–Kier alpha value is -2.40. The van der Waals surface area contributed by atoms with Crippen molar-refractivity contribution in [3.8, 4) is 11.6 Å². The van der Waals surface area contributed by atoms with E-state index in [0.29, 0.717) is 12.4 Å². The lowest BCUT2D eigenvalue weighted by Gasteiger charge is -2.31. The number of likely N-dealkylation sites (tertiary alicyclic amines) is 1. The van der Waals surface area contributed by atoms with Crippen molar-refractivity contribution in [3.05, 3.63) is 53.2 Å². The number of nitrogens with one attached hydrogen (secondary N) is 1. The largest absolute Gasteiger partial charge is 0.438 e. The van der Waals surface area contributed by atoms with Gasteiger partial charge in [-0.2, -0.15) is 0 Å². The Morgan fingerprint density at radius 1 is 1.23 bits per heavy atom. The van der Waals surface area contributed by atoms with Crippen molar-refractivity contribution in [1.82, 2.24) is 15.2 Å². The highest BCUT2D eigenvalue weighted by molar-refractivity contribution is 5.81. The zero-order chi connectivity index (χ0) is 18.5. The normalized spacial score (nSPS) is 17.7. The number of hydrogen-bond acceptors (Lipinski definition) is 4. The maximum absolute atomic E-state index is 12.5. The molecule has 1 saturated heterocycles. The van der Waals surface area contributed by atoms with Crippen LogP contribution in [-0.4, -0.2) is 35.4 Å². The van der Waals surface area contributed by atoms with Gasteiger partial charge in [-0.25, -0.2) is 4.98 Å². The molecule has 1 fully saturated rings. The topological polar surface area (TPSA) is 54.5 Å². The van der Waals surface area contributed by atoms with Gasteiger partial charge in [-0.15, -0.1) is 0 Å². The molecule has 2 aromatic rings. The van der Waals surface area contributed by atoms with Gasteiger partial charge in [0.05, 0.1) is 6.04 Å². The number of aryl methyl sites for hydroxylation is 2. The first-order chi connectivity index (χ1) is 12.6. The summed E-state index contributed by atoms with van der Waals surface area (Å²) in [5.74, 6) is 1.45. The predicted molar refractivity (Wildman–Crippen MR) is 102 cm³/mol. The molecule has 1 amide bonds. The first kappa shape index (κ1) is 18.4. The zero-order valence-corrected chi connectivity index (χ0v) is 15.8. The summed E-state index contributed by atoms with van der Waals surface area (Å²) < 4.78 is 6.10. The number of rotatable bonds is 5. The van der Waals surface area contributed by atoms with Gasteiger partial charge in [0, 0.05) is 18.3 Å². The number of piperidine rings is 1. The second-order valence-corrected chi connectivity index (χ2v) is 7.00. The Morgan fingerprint density at radius 2 is 2.00 bits per heavy atom. The smallest absolute Gasteiger partial charge is 0.237 e. The van der Waals surface area contributed by atoms with Crippen molar-refractivity contribution >= 4 is 5.91 Å². The molecule has 1 aromatic heterocycles. The summed E-state index contributed by atoms with van der Waals surface area (Å²) in [6.07, 6.45) is 4.90. The van der Waals surface area contributed by atoms with Crippen LogP contribution in [0, 0.1) is 13.8 Å². The quantitative estimate of drug-likeness (QED) is 0.892. The molecule has 0 unspecified atom stereocenters. The first-order valence-electron chi connectivity index (χ1n) is 9.22. The van der Waals surface area contributed by atoms with E-state index < -0.39 is 0 Å². The Kier molecular flexibility index (Phi) is 5.89. The van der Waals surface area contributed by atoms with Crippen molar-refractivity contribution in [2.24, 2.45) is 0 Å². The van der Waals surface area contributed by atoms with Gasteiger partial charge in [-0.1, -0.05) is 30.7 Å². The van der Waals surface area contributed by atoms with Crippen molar-refractivity contribution in [2.45, 2.75) is 45.7 Å². The summed E-state index contributed by atoms with van der Waals surface area (Å²) in [6.45, 7) is 5.43. The van der Waals surface area contributed by atoms with Crippen LogP contribution in [0.2, 0.25) is 0 Å². The summed E-state index contributed by atoms with van der Waals surface area (Å²) in [5, 5.41) is 3.05. The third-order valence-corrected chi connectivity index (χ3v) is 4.98. The molecule has 5 nitrogen and oxygen atoms in total. The highest BCUT2D eigenvalue weighted by Gasteiger charge is 2.25. The van der Waals surface area contributed by atoms with Crippen LogP contribution in [0.4, 0.5) is 0 Å². The number of nitrogens with zero attached hydrogens (tertiary/aromatic N) is 2. The molecule has 26 heavy (non-hydrogen) atoms. The summed E-state index contributed by atoms with van der Waals surface area (Å²) in [4.78, 5) is 19.1. The summed E-state index contributed by atoms with van der Waals surface area (Å²) in [7, 11) is 2.02. The van der Waals surface area contributed by atoms with Crippen LogP contribution in [0.3, 0.4) is 0 Å². The van der Waals surface area contributed by atoms with Gasteiger partial charge in [0.25, 0.3) is 0 Å². The number of likely N-dealkylation sites (N-methyl/N-ethyl adjacent to an activating group) is 1. The van der Waals surface area contributed by atoms with E-state index >= 15 is 0 Å². The lowest BCUT2D eigenvalue weighted by Crippen LogP contribution is -2.47. The monoisotopic (exact) mass is 353 g/mol. The lowest BCUT2D eigenvalue weighted by molar-refractivity contribution is -0.127. The van der Waals surface area contributed by atoms with Crippen molar-refractivity contribution in [1.29, 1.82) is 0 Å². The molecule has 5 heteroatoms. The fraction of sp³-hybridized carbons (Fsp3) is 0.429. The molecule has 1 atom stereocenters. The van der Waals surface area contributed by atoms with Crippen LogP contribution in [0.15, 0.2) is 36.5 Å². The summed E-state index contributed by atoms with van der Waals surface area (Å²) >= 11 is 0. The van der Waals surface area contributed by atoms with Crippen LogP contribution in [0.1, 0.15) is 36.0 Å². The average Bonchev–Trinajstić information content (AvgIpc) is 2.64. The molecule has 0 radical (unpaired) electrons. The van der Waals surface area contributed by atoms with E-state index in [1.54, 1.807) is 6.20 Å². The maximum atomic E-state index is 12.5. The number of pyridine rings is 1. The minimum Gasteiger partial charge on any atom is -0.438 e. The molecule has 0 spiro atoms. The fourth-order valence-corrected chi connectivity index (χ4v) is 3.41. The van der Waals surface area contributed by atoms with Gasteiger partial charge in [-0.05, 0) is 57.5 Å². The summed E-state index contributed by atoms with van der Waals surface area (Å²) in [6, 6.07) is 9.82. The number of benzene rings is 1. The number of amides is 1. The van der Waals surface area contributed by atoms with Gasteiger partial charge in [0.15, 0.2) is 0 Å². The predicted octanol–water partition coefficient (Wildman–Crippen LogP) is 3.59. The SMILES string of the molecule is Cc1cccc(C)c1Oc1ncccc1CNC(=O)[C@@H]1CCCCN1C. The highest BCUT2D eigenvalue weighted by atomic mass is 16.5. The molecule has 0 bridgehead atoms. The fourth-order valence-electron chi connectivity index (χ4n) is 3.41. The van der Waals surface area contributed by atoms with E-state index in [0.717, 1.165) is 48.2 Å². The standard InChI is InChI=1S/C21H27N3O2/c1-15-8-6-9-16(2)19(15)26-21-17(10-7-12-22-21)14-23-20(25)18-11-4-5-13-24(18)3/h6-10,12,18H,4-5,11,13-14H2,1-3H3,(H,23,25)/t18-/m0/s1. The molecule has 3 rings (SSSR count). The second kappa shape index (κ2) is 8.32. The van der Waals surface area contributed by atoms with Crippen molar-refractivity contribution < 1.29 is 9.53 Å². The molecule has 2 heterocycles. The molecule has 138 valence electrons. The molecule has 0 saturated carbocycles. The van der Waals surface area contributed by atoms with E-state index in [1.165, 1.54) is 0 Å². The Bertz CT molecular complexity index is 755. The van der Waals surface area contributed by atoms with Gasteiger partial charge in [-0.3, -0.25) is 9.69 Å². The minimum absolute atomic E-state index is 0.0385. The molecular weight excluding hydrogens is 326 g/mol. The molecule has 0 aliphatic carbocycles. The number of para-hydroxylation sites is 1. The van der Waals surface area contributed by atoms with E-state index in [4.69, 9.17) is 4.74 Å². The van der Waals surface area contributed by atoms with Crippen LogP contribution >= 0.6 is 0 Å². The van der Waals surface area contributed by atoms with E-state index in [1.807, 2.05) is 51.2 Å². The number of carbonyl (C=O) groups excluding carboxylic acids is 1. The zero-order valence-electron chi connectivity index (χ0n) is 15.8. The molecule has 1 aromatic carbocycles. The van der Waals surface area contributed by atoms with Gasteiger partial charge in [0.1, 0.15) is 5.75 Å². The number of hydrogen-bond donors (Lipinski definition) is 1. The highest BCUT2D eigenvalue weighted by Crippen LogP contribution is 2.29. The minimum atomic E-state index is -0.0385.